The van der Waals surface area contributed by atoms with Gasteiger partial charge in [-0.05, 0) is 12.1 Å². The number of nitrogens with zero attached hydrogens (tertiary/aromatic N) is 2. The van der Waals surface area contributed by atoms with Crippen LogP contribution in [0.15, 0.2) is 43.0 Å². The van der Waals surface area contributed by atoms with Crippen LogP contribution in [0.3, 0.4) is 0 Å². The van der Waals surface area contributed by atoms with E-state index < -0.39 is 0 Å². The van der Waals surface area contributed by atoms with Gasteiger partial charge in [-0.2, -0.15) is 0 Å². The van der Waals surface area contributed by atoms with Crippen molar-refractivity contribution in [2.45, 2.75) is 12.6 Å². The average Bonchev–Trinajstić information content (AvgIpc) is 3.06. The lowest BCUT2D eigenvalue weighted by molar-refractivity contribution is 0.0918. The predicted octanol–water partition coefficient (Wildman–Crippen LogP) is 1.02. The van der Waals surface area contributed by atoms with Crippen LogP contribution in [0.2, 0.25) is 0 Å². The predicted molar refractivity (Wildman–Crippen MR) is 80.0 cm³/mol. The Labute approximate surface area is 128 Å². The zero-order valence-corrected chi connectivity index (χ0v) is 12.1. The molecular formula is C15H18N4O3. The third-order valence-corrected chi connectivity index (χ3v) is 3.27. The van der Waals surface area contributed by atoms with E-state index in [0.717, 1.165) is 5.75 Å². The van der Waals surface area contributed by atoms with Crippen LogP contribution >= 0.6 is 0 Å². The minimum absolute atomic E-state index is 0.186. The van der Waals surface area contributed by atoms with Gasteiger partial charge in [0.2, 0.25) is 0 Å². The first-order valence-corrected chi connectivity index (χ1v) is 7.17. The molecule has 1 atom stereocenters. The molecule has 0 radical (unpaired) electrons. The summed E-state index contributed by atoms with van der Waals surface area (Å²) in [5.41, 5.74) is 0. The summed E-state index contributed by atoms with van der Waals surface area (Å²) in [6, 6.07) is 7.28. The molecule has 0 unspecified atom stereocenters. The van der Waals surface area contributed by atoms with E-state index in [1.165, 1.54) is 0 Å². The summed E-state index contributed by atoms with van der Waals surface area (Å²) in [6.45, 7) is 2.04. The molecule has 1 aliphatic rings. The number of urea groups is 1. The number of hydrogen-bond donors (Lipinski definition) is 2. The molecule has 2 heterocycles. The summed E-state index contributed by atoms with van der Waals surface area (Å²) in [5.74, 6) is 1.45. The summed E-state index contributed by atoms with van der Waals surface area (Å²) in [7, 11) is 0. The number of carbonyl (C=O) groups excluding carboxylic acids is 1. The monoisotopic (exact) mass is 302 g/mol. The van der Waals surface area contributed by atoms with Crippen molar-refractivity contribution in [2.24, 2.45) is 0 Å². The number of para-hydroxylation sites is 2. The van der Waals surface area contributed by atoms with Gasteiger partial charge >= 0.3 is 6.03 Å². The van der Waals surface area contributed by atoms with Gasteiger partial charge in [-0.15, -0.1) is 0 Å². The zero-order chi connectivity index (χ0) is 15.2. The second-order valence-electron chi connectivity index (χ2n) is 4.93. The Bertz CT molecular complexity index is 615. The second kappa shape index (κ2) is 6.84. The van der Waals surface area contributed by atoms with Gasteiger partial charge in [-0.3, -0.25) is 0 Å². The SMILES string of the molecule is O=C(NCCn1ccnc1)NC[C@@H]1COc2ccccc2O1. The molecule has 1 aromatic heterocycles. The van der Waals surface area contributed by atoms with E-state index in [2.05, 4.69) is 15.6 Å². The van der Waals surface area contributed by atoms with Crippen molar-refractivity contribution >= 4 is 6.03 Å². The first-order valence-electron chi connectivity index (χ1n) is 7.17. The van der Waals surface area contributed by atoms with E-state index in [-0.39, 0.29) is 12.1 Å². The summed E-state index contributed by atoms with van der Waals surface area (Å²) in [4.78, 5) is 15.7. The van der Waals surface area contributed by atoms with E-state index in [0.29, 0.717) is 32.0 Å². The van der Waals surface area contributed by atoms with Crippen LogP contribution in [0.4, 0.5) is 4.79 Å². The average molecular weight is 302 g/mol. The van der Waals surface area contributed by atoms with Crippen LogP contribution < -0.4 is 20.1 Å². The Balaban J connectivity index is 1.37. The van der Waals surface area contributed by atoms with Gasteiger partial charge in [-0.25, -0.2) is 9.78 Å². The van der Waals surface area contributed by atoms with Crippen molar-refractivity contribution in [2.75, 3.05) is 19.7 Å². The van der Waals surface area contributed by atoms with Crippen molar-refractivity contribution in [1.29, 1.82) is 0 Å². The minimum Gasteiger partial charge on any atom is -0.486 e. The molecule has 3 rings (SSSR count). The first kappa shape index (κ1) is 14.2. The van der Waals surface area contributed by atoms with Crippen LogP contribution in [-0.2, 0) is 6.54 Å². The molecule has 2 N–H and O–H groups in total. The van der Waals surface area contributed by atoms with Crippen LogP contribution in [0.25, 0.3) is 0 Å². The van der Waals surface area contributed by atoms with Gasteiger partial charge in [-0.1, -0.05) is 12.1 Å². The fraction of sp³-hybridized carbons (Fsp3) is 0.333. The van der Waals surface area contributed by atoms with Crippen molar-refractivity contribution in [3.05, 3.63) is 43.0 Å². The Hall–Kier alpha value is -2.70. The molecule has 7 heteroatoms. The summed E-state index contributed by atoms with van der Waals surface area (Å²) >= 11 is 0. The highest BCUT2D eigenvalue weighted by atomic mass is 16.6. The normalized spacial score (nSPS) is 16.1. The van der Waals surface area contributed by atoms with Gasteiger partial charge in [0.15, 0.2) is 17.6 Å². The molecular weight excluding hydrogens is 284 g/mol. The molecule has 0 bridgehead atoms. The summed E-state index contributed by atoms with van der Waals surface area (Å²) in [6.07, 6.45) is 5.08. The van der Waals surface area contributed by atoms with Crippen molar-refractivity contribution < 1.29 is 14.3 Å². The minimum atomic E-state index is -0.220. The smallest absolute Gasteiger partial charge is 0.314 e. The van der Waals surface area contributed by atoms with E-state index >= 15 is 0 Å². The molecule has 0 aliphatic carbocycles. The van der Waals surface area contributed by atoms with Gasteiger partial charge in [0.1, 0.15) is 6.61 Å². The third kappa shape index (κ3) is 3.69. The lowest BCUT2D eigenvalue weighted by atomic mass is 10.2. The molecule has 1 aromatic carbocycles. The number of amides is 2. The highest BCUT2D eigenvalue weighted by Crippen LogP contribution is 2.30. The Kier molecular flexibility index (Phi) is 4.43. The quantitative estimate of drug-likeness (QED) is 0.864. The largest absolute Gasteiger partial charge is 0.486 e. The third-order valence-electron chi connectivity index (χ3n) is 3.27. The van der Waals surface area contributed by atoms with Crippen molar-refractivity contribution in [3.8, 4) is 11.5 Å². The highest BCUT2D eigenvalue weighted by Gasteiger charge is 2.20. The van der Waals surface area contributed by atoms with E-state index in [1.807, 2.05) is 35.0 Å². The topological polar surface area (TPSA) is 77.4 Å². The number of aromatic nitrogens is 2. The fourth-order valence-electron chi connectivity index (χ4n) is 2.15. The lowest BCUT2D eigenvalue weighted by Gasteiger charge is -2.26. The van der Waals surface area contributed by atoms with Crippen molar-refractivity contribution in [1.82, 2.24) is 20.2 Å². The number of nitrogens with one attached hydrogen (secondary N) is 2. The van der Waals surface area contributed by atoms with Crippen LogP contribution in [0.5, 0.6) is 11.5 Å². The molecule has 2 aromatic rings. The van der Waals surface area contributed by atoms with Gasteiger partial charge in [0, 0.05) is 25.5 Å². The Morgan fingerprint density at radius 1 is 1.32 bits per heavy atom. The van der Waals surface area contributed by atoms with Crippen molar-refractivity contribution in [3.63, 3.8) is 0 Å². The molecule has 22 heavy (non-hydrogen) atoms. The maximum absolute atomic E-state index is 11.7. The summed E-state index contributed by atoms with van der Waals surface area (Å²) in [5, 5.41) is 5.57. The maximum Gasteiger partial charge on any atom is 0.314 e. The highest BCUT2D eigenvalue weighted by molar-refractivity contribution is 5.73. The maximum atomic E-state index is 11.7. The van der Waals surface area contributed by atoms with E-state index in [9.17, 15) is 4.79 Å². The standard InChI is InChI=1S/C15H18N4O3/c20-15(17-6-8-19-7-5-16-11-19)18-9-12-10-21-13-3-1-2-4-14(13)22-12/h1-5,7,11-12H,6,8-10H2,(H2,17,18,20)/t12-/m1/s1. The second-order valence-corrected chi connectivity index (χ2v) is 4.93. The van der Waals surface area contributed by atoms with Gasteiger partial charge in [0.05, 0.1) is 12.9 Å². The van der Waals surface area contributed by atoms with E-state index in [4.69, 9.17) is 9.47 Å². The molecule has 0 spiro atoms. The number of rotatable bonds is 5. The number of hydrogen-bond acceptors (Lipinski definition) is 4. The van der Waals surface area contributed by atoms with Gasteiger partial charge < -0.3 is 24.7 Å². The summed E-state index contributed by atoms with van der Waals surface area (Å²) < 4.78 is 13.3. The number of benzene rings is 1. The molecule has 1 aliphatic heterocycles. The molecule has 116 valence electrons. The van der Waals surface area contributed by atoms with Crippen LogP contribution in [-0.4, -0.2) is 41.4 Å². The zero-order valence-electron chi connectivity index (χ0n) is 12.1. The molecule has 0 saturated carbocycles. The van der Waals surface area contributed by atoms with Gasteiger partial charge in [0.25, 0.3) is 0 Å². The number of ether oxygens (including phenoxy) is 2. The molecule has 0 fully saturated rings. The van der Waals surface area contributed by atoms with Crippen LogP contribution in [0, 0.1) is 0 Å². The molecule has 0 saturated heterocycles. The first-order chi connectivity index (χ1) is 10.8. The molecule has 2 amide bonds. The number of imidazole rings is 1. The molecule has 7 nitrogen and oxygen atoms in total. The van der Waals surface area contributed by atoms with E-state index in [1.54, 1.807) is 12.5 Å². The number of carbonyl (C=O) groups is 1. The van der Waals surface area contributed by atoms with Crippen LogP contribution in [0.1, 0.15) is 0 Å². The lowest BCUT2D eigenvalue weighted by Crippen LogP contribution is -2.45. The fourth-order valence-corrected chi connectivity index (χ4v) is 2.15. The number of fused-ring (bicyclic) bond motifs is 1. The Morgan fingerprint density at radius 2 is 2.18 bits per heavy atom. The Morgan fingerprint density at radius 3 is 3.00 bits per heavy atom.